The number of hydrogen-bond acceptors (Lipinski definition) is 3. The summed E-state index contributed by atoms with van der Waals surface area (Å²) in [5.74, 6) is 1.37. The van der Waals surface area contributed by atoms with Gasteiger partial charge < -0.3 is 5.32 Å². The molecule has 0 fully saturated rings. The Kier molecular flexibility index (Phi) is 4.78. The molecule has 2 aromatic rings. The van der Waals surface area contributed by atoms with Crippen LogP contribution in [0.25, 0.3) is 5.82 Å². The third-order valence-corrected chi connectivity index (χ3v) is 3.70. The smallest absolute Gasteiger partial charge is 0.138 e. The predicted molar refractivity (Wildman–Crippen MR) is 86.9 cm³/mol. The van der Waals surface area contributed by atoms with Gasteiger partial charge in [-0.05, 0) is 37.5 Å². The van der Waals surface area contributed by atoms with Gasteiger partial charge in [0, 0.05) is 24.0 Å². The van der Waals surface area contributed by atoms with Gasteiger partial charge in [0.2, 0.25) is 0 Å². The molecule has 2 rings (SSSR count). The lowest BCUT2D eigenvalue weighted by atomic mass is 10.1. The van der Waals surface area contributed by atoms with E-state index in [4.69, 9.17) is 4.98 Å². The molecule has 0 aromatic carbocycles. The highest BCUT2D eigenvalue weighted by molar-refractivity contribution is 5.34. The van der Waals surface area contributed by atoms with Crippen molar-refractivity contribution in [2.75, 3.05) is 0 Å². The van der Waals surface area contributed by atoms with Crippen LogP contribution >= 0.6 is 0 Å². The van der Waals surface area contributed by atoms with Crippen LogP contribution in [0.2, 0.25) is 0 Å². The summed E-state index contributed by atoms with van der Waals surface area (Å²) in [6.07, 6.45) is 1.86. The monoisotopic (exact) mass is 286 g/mol. The molecule has 0 amide bonds. The first-order valence-electron chi connectivity index (χ1n) is 7.63. The number of pyridine rings is 1. The molecule has 0 bridgehead atoms. The van der Waals surface area contributed by atoms with Gasteiger partial charge in [0.15, 0.2) is 0 Å². The standard InChI is InChI=1S/C17H26N4/c1-11(2)16-7-15(9-18-12(3)4)8-17(20-16)21-10-19-13(5)14(21)6/h7-8,10-12,18H,9H2,1-6H3. The van der Waals surface area contributed by atoms with Gasteiger partial charge >= 0.3 is 0 Å². The van der Waals surface area contributed by atoms with Crippen LogP contribution in [0.1, 0.15) is 56.3 Å². The van der Waals surface area contributed by atoms with Crippen molar-refractivity contribution in [2.45, 2.75) is 60.0 Å². The van der Waals surface area contributed by atoms with Gasteiger partial charge in [0.05, 0.1) is 5.69 Å². The zero-order valence-electron chi connectivity index (χ0n) is 13.9. The normalized spacial score (nSPS) is 11.6. The molecule has 0 spiro atoms. The van der Waals surface area contributed by atoms with Crippen molar-refractivity contribution in [1.82, 2.24) is 19.9 Å². The minimum Gasteiger partial charge on any atom is -0.310 e. The molecule has 0 aliphatic carbocycles. The van der Waals surface area contributed by atoms with E-state index in [1.54, 1.807) is 0 Å². The van der Waals surface area contributed by atoms with Crippen molar-refractivity contribution in [3.05, 3.63) is 41.1 Å². The van der Waals surface area contributed by atoms with Gasteiger partial charge in [-0.15, -0.1) is 0 Å². The van der Waals surface area contributed by atoms with Crippen molar-refractivity contribution in [3.8, 4) is 5.82 Å². The second-order valence-corrected chi connectivity index (χ2v) is 6.23. The van der Waals surface area contributed by atoms with E-state index < -0.39 is 0 Å². The molecule has 0 aliphatic rings. The third-order valence-electron chi connectivity index (χ3n) is 3.70. The Morgan fingerprint density at radius 1 is 1.14 bits per heavy atom. The molecule has 0 saturated carbocycles. The Hall–Kier alpha value is -1.68. The maximum absolute atomic E-state index is 4.80. The zero-order chi connectivity index (χ0) is 15.6. The molecule has 0 radical (unpaired) electrons. The SMILES string of the molecule is Cc1ncn(-c2cc(CNC(C)C)cc(C(C)C)n2)c1C. The molecule has 0 atom stereocenters. The van der Waals surface area contributed by atoms with E-state index in [1.807, 2.05) is 13.3 Å². The molecule has 2 heterocycles. The molecule has 0 unspecified atom stereocenters. The highest BCUT2D eigenvalue weighted by Gasteiger charge is 2.11. The summed E-state index contributed by atoms with van der Waals surface area (Å²) in [6.45, 7) is 13.6. The lowest BCUT2D eigenvalue weighted by Gasteiger charge is -2.14. The molecule has 2 aromatic heterocycles. The second kappa shape index (κ2) is 6.39. The Morgan fingerprint density at radius 2 is 1.86 bits per heavy atom. The third kappa shape index (κ3) is 3.70. The summed E-state index contributed by atoms with van der Waals surface area (Å²) >= 11 is 0. The highest BCUT2D eigenvalue weighted by atomic mass is 15.1. The van der Waals surface area contributed by atoms with Crippen LogP contribution in [0.5, 0.6) is 0 Å². The molecule has 1 N–H and O–H groups in total. The van der Waals surface area contributed by atoms with Crippen molar-refractivity contribution >= 4 is 0 Å². The predicted octanol–water partition coefficient (Wildman–Crippen LogP) is 3.51. The molecular weight excluding hydrogens is 260 g/mol. The number of aromatic nitrogens is 3. The Morgan fingerprint density at radius 3 is 2.38 bits per heavy atom. The summed E-state index contributed by atoms with van der Waals surface area (Å²) in [5, 5.41) is 3.47. The Balaban J connectivity index is 2.42. The topological polar surface area (TPSA) is 42.7 Å². The van der Waals surface area contributed by atoms with Crippen LogP contribution in [-0.4, -0.2) is 20.6 Å². The van der Waals surface area contributed by atoms with E-state index in [-0.39, 0.29) is 0 Å². The van der Waals surface area contributed by atoms with Crippen LogP contribution in [-0.2, 0) is 6.54 Å². The Bertz CT molecular complexity index is 611. The summed E-state index contributed by atoms with van der Waals surface area (Å²) in [4.78, 5) is 9.18. The maximum atomic E-state index is 4.80. The average molecular weight is 286 g/mol. The first-order chi connectivity index (χ1) is 9.88. The fourth-order valence-corrected chi connectivity index (χ4v) is 2.17. The number of nitrogens with one attached hydrogen (secondary N) is 1. The average Bonchev–Trinajstić information content (AvgIpc) is 2.76. The fourth-order valence-electron chi connectivity index (χ4n) is 2.17. The van der Waals surface area contributed by atoms with Crippen molar-refractivity contribution < 1.29 is 0 Å². The summed E-state index contributed by atoms with van der Waals surface area (Å²) < 4.78 is 2.07. The highest BCUT2D eigenvalue weighted by Crippen LogP contribution is 2.19. The van der Waals surface area contributed by atoms with Gasteiger partial charge in [-0.2, -0.15) is 0 Å². The fraction of sp³-hybridized carbons (Fsp3) is 0.529. The van der Waals surface area contributed by atoms with Gasteiger partial charge in [0.25, 0.3) is 0 Å². The van der Waals surface area contributed by atoms with Crippen LogP contribution in [0, 0.1) is 13.8 Å². The van der Waals surface area contributed by atoms with E-state index in [1.165, 1.54) is 5.56 Å². The maximum Gasteiger partial charge on any atom is 0.138 e. The van der Waals surface area contributed by atoms with Crippen LogP contribution in [0.15, 0.2) is 18.5 Å². The number of hydrogen-bond donors (Lipinski definition) is 1. The second-order valence-electron chi connectivity index (χ2n) is 6.23. The summed E-state index contributed by atoms with van der Waals surface area (Å²) in [6, 6.07) is 4.82. The first-order valence-corrected chi connectivity index (χ1v) is 7.63. The van der Waals surface area contributed by atoms with Crippen LogP contribution in [0.4, 0.5) is 0 Å². The van der Waals surface area contributed by atoms with Gasteiger partial charge in [-0.25, -0.2) is 9.97 Å². The minimum atomic E-state index is 0.410. The number of aryl methyl sites for hydroxylation is 1. The van der Waals surface area contributed by atoms with Gasteiger partial charge in [0.1, 0.15) is 12.1 Å². The molecule has 0 saturated heterocycles. The summed E-state index contributed by atoms with van der Waals surface area (Å²) in [5.41, 5.74) is 4.58. The van der Waals surface area contributed by atoms with Crippen molar-refractivity contribution in [1.29, 1.82) is 0 Å². The molecule has 114 valence electrons. The molecule has 4 nitrogen and oxygen atoms in total. The minimum absolute atomic E-state index is 0.410. The van der Waals surface area contributed by atoms with Crippen LogP contribution in [0.3, 0.4) is 0 Å². The molecule has 4 heteroatoms. The molecule has 0 aliphatic heterocycles. The van der Waals surface area contributed by atoms with Crippen molar-refractivity contribution in [3.63, 3.8) is 0 Å². The van der Waals surface area contributed by atoms with Crippen molar-refractivity contribution in [2.24, 2.45) is 0 Å². The first kappa shape index (κ1) is 15.7. The van der Waals surface area contributed by atoms with E-state index >= 15 is 0 Å². The quantitative estimate of drug-likeness (QED) is 0.914. The largest absolute Gasteiger partial charge is 0.310 e. The Labute approximate surface area is 127 Å². The summed E-state index contributed by atoms with van der Waals surface area (Å²) in [7, 11) is 0. The number of rotatable bonds is 5. The van der Waals surface area contributed by atoms with E-state index in [2.05, 4.69) is 61.6 Å². The van der Waals surface area contributed by atoms with Crippen LogP contribution < -0.4 is 5.32 Å². The lowest BCUT2D eigenvalue weighted by Crippen LogP contribution is -2.22. The van der Waals surface area contributed by atoms with Gasteiger partial charge in [-0.1, -0.05) is 27.7 Å². The van der Waals surface area contributed by atoms with E-state index in [0.29, 0.717) is 12.0 Å². The van der Waals surface area contributed by atoms with Gasteiger partial charge in [-0.3, -0.25) is 4.57 Å². The van der Waals surface area contributed by atoms with E-state index in [9.17, 15) is 0 Å². The number of imidazole rings is 1. The lowest BCUT2D eigenvalue weighted by molar-refractivity contribution is 0.587. The molecular formula is C17H26N4. The zero-order valence-corrected chi connectivity index (χ0v) is 13.9. The number of nitrogens with zero attached hydrogens (tertiary/aromatic N) is 3. The van der Waals surface area contributed by atoms with E-state index in [0.717, 1.165) is 29.4 Å². The molecule has 21 heavy (non-hydrogen) atoms.